The Hall–Kier alpha value is -3.48. The van der Waals surface area contributed by atoms with Gasteiger partial charge < -0.3 is 9.84 Å². The van der Waals surface area contributed by atoms with E-state index in [0.29, 0.717) is 23.7 Å². The summed E-state index contributed by atoms with van der Waals surface area (Å²) in [5.74, 6) is -0.701. The molecule has 0 atom stereocenters. The van der Waals surface area contributed by atoms with Gasteiger partial charge in [-0.05, 0) is 36.4 Å². The molecule has 0 amide bonds. The summed E-state index contributed by atoms with van der Waals surface area (Å²) >= 11 is 0. The average molecular weight is 368 g/mol. The van der Waals surface area contributed by atoms with E-state index in [1.807, 2.05) is 6.92 Å². The highest BCUT2D eigenvalue weighted by Crippen LogP contribution is 2.20. The maximum Gasteiger partial charge on any atom is 0.328 e. The van der Waals surface area contributed by atoms with Gasteiger partial charge in [-0.15, -0.1) is 0 Å². The molecular weight excluding hydrogens is 351 g/mol. The SMILES string of the molecule is CCc1nc2cc(F)c(C=CC(=O)O)cc2c(=O)n1-c1ccc(OC)cc1. The van der Waals surface area contributed by atoms with Gasteiger partial charge in [0.2, 0.25) is 0 Å². The van der Waals surface area contributed by atoms with Gasteiger partial charge >= 0.3 is 5.97 Å². The summed E-state index contributed by atoms with van der Waals surface area (Å²) in [5, 5.41) is 8.94. The number of hydrogen-bond acceptors (Lipinski definition) is 4. The molecule has 0 radical (unpaired) electrons. The van der Waals surface area contributed by atoms with Crippen molar-refractivity contribution < 1.29 is 19.0 Å². The summed E-state index contributed by atoms with van der Waals surface area (Å²) in [6, 6.07) is 9.41. The molecular formula is C20H17FN2O4. The van der Waals surface area contributed by atoms with Crippen molar-refractivity contribution in [1.29, 1.82) is 0 Å². The van der Waals surface area contributed by atoms with Crippen molar-refractivity contribution >= 4 is 22.9 Å². The number of ether oxygens (including phenoxy) is 1. The van der Waals surface area contributed by atoms with Crippen LogP contribution in [-0.4, -0.2) is 27.7 Å². The molecule has 0 saturated carbocycles. The molecule has 0 aliphatic carbocycles. The monoisotopic (exact) mass is 368 g/mol. The topological polar surface area (TPSA) is 81.4 Å². The number of halogens is 1. The number of methoxy groups -OCH3 is 1. The third kappa shape index (κ3) is 3.57. The number of benzene rings is 2. The average Bonchev–Trinajstić information content (AvgIpc) is 2.66. The Morgan fingerprint density at radius 1 is 1.30 bits per heavy atom. The number of nitrogens with zero attached hydrogens (tertiary/aromatic N) is 2. The highest BCUT2D eigenvalue weighted by Gasteiger charge is 2.14. The Balaban J connectivity index is 2.26. The Kier molecular flexibility index (Phi) is 5.03. The second-order valence-electron chi connectivity index (χ2n) is 5.78. The number of hydrogen-bond donors (Lipinski definition) is 1. The molecule has 0 spiro atoms. The number of aryl methyl sites for hydroxylation is 1. The first-order valence-corrected chi connectivity index (χ1v) is 8.25. The number of fused-ring (bicyclic) bond motifs is 1. The molecule has 1 N–H and O–H groups in total. The minimum Gasteiger partial charge on any atom is -0.497 e. The molecule has 2 aromatic carbocycles. The van der Waals surface area contributed by atoms with Gasteiger partial charge in [0, 0.05) is 24.1 Å². The van der Waals surface area contributed by atoms with Crippen LogP contribution in [-0.2, 0) is 11.2 Å². The second-order valence-corrected chi connectivity index (χ2v) is 5.78. The van der Waals surface area contributed by atoms with E-state index in [1.165, 1.54) is 10.6 Å². The van der Waals surface area contributed by atoms with Gasteiger partial charge in [0.1, 0.15) is 17.4 Å². The molecule has 3 rings (SSSR count). The fourth-order valence-electron chi connectivity index (χ4n) is 2.79. The first-order valence-electron chi connectivity index (χ1n) is 8.25. The second kappa shape index (κ2) is 7.41. The van der Waals surface area contributed by atoms with Gasteiger partial charge in [0.15, 0.2) is 0 Å². The lowest BCUT2D eigenvalue weighted by molar-refractivity contribution is -0.131. The molecule has 27 heavy (non-hydrogen) atoms. The van der Waals surface area contributed by atoms with Crippen molar-refractivity contribution in [2.75, 3.05) is 7.11 Å². The summed E-state index contributed by atoms with van der Waals surface area (Å²) in [6.07, 6.45) is 2.40. The summed E-state index contributed by atoms with van der Waals surface area (Å²) in [6.45, 7) is 1.86. The largest absolute Gasteiger partial charge is 0.497 e. The van der Waals surface area contributed by atoms with Gasteiger partial charge in [-0.3, -0.25) is 9.36 Å². The van der Waals surface area contributed by atoms with Crippen LogP contribution in [0.25, 0.3) is 22.7 Å². The molecule has 0 aliphatic heterocycles. The summed E-state index contributed by atoms with van der Waals surface area (Å²) in [4.78, 5) is 28.2. The van der Waals surface area contributed by atoms with Crippen molar-refractivity contribution in [1.82, 2.24) is 9.55 Å². The van der Waals surface area contributed by atoms with Gasteiger partial charge in [-0.25, -0.2) is 14.2 Å². The minimum atomic E-state index is -1.20. The van der Waals surface area contributed by atoms with E-state index < -0.39 is 11.8 Å². The first kappa shape index (κ1) is 18.3. The van der Waals surface area contributed by atoms with Gasteiger partial charge in [0.25, 0.3) is 5.56 Å². The molecule has 6 nitrogen and oxygen atoms in total. The van der Waals surface area contributed by atoms with Gasteiger partial charge in [0.05, 0.1) is 23.7 Å². The Morgan fingerprint density at radius 2 is 2.00 bits per heavy atom. The maximum atomic E-state index is 14.2. The standard InChI is InChI=1S/C20H17FN2O4/c1-3-18-22-17-11-16(21)12(4-9-19(24)25)10-15(17)20(26)23(18)13-5-7-14(27-2)8-6-13/h4-11H,3H2,1-2H3,(H,24,25). The first-order chi connectivity index (χ1) is 12.9. The summed E-state index contributed by atoms with van der Waals surface area (Å²) in [5.41, 5.74) is 0.493. The van der Waals surface area contributed by atoms with Gasteiger partial charge in [-0.1, -0.05) is 6.92 Å². The molecule has 0 bridgehead atoms. The van der Waals surface area contributed by atoms with Crippen LogP contribution in [0.2, 0.25) is 0 Å². The fraction of sp³-hybridized carbons (Fsp3) is 0.150. The van der Waals surface area contributed by atoms with E-state index >= 15 is 0 Å². The number of rotatable bonds is 5. The predicted molar refractivity (Wildman–Crippen MR) is 99.9 cm³/mol. The molecule has 0 fully saturated rings. The van der Waals surface area contributed by atoms with Crippen LogP contribution in [0.1, 0.15) is 18.3 Å². The maximum absolute atomic E-state index is 14.2. The molecule has 0 unspecified atom stereocenters. The van der Waals surface area contributed by atoms with Crippen LogP contribution in [0.15, 0.2) is 47.3 Å². The highest BCUT2D eigenvalue weighted by atomic mass is 19.1. The molecule has 138 valence electrons. The zero-order chi connectivity index (χ0) is 19.6. The van der Waals surface area contributed by atoms with E-state index in [0.717, 1.165) is 18.2 Å². The van der Waals surface area contributed by atoms with E-state index in [2.05, 4.69) is 4.98 Å². The summed E-state index contributed by atoms with van der Waals surface area (Å²) in [7, 11) is 1.55. The minimum absolute atomic E-state index is 0.00864. The lowest BCUT2D eigenvalue weighted by Crippen LogP contribution is -2.23. The smallest absolute Gasteiger partial charge is 0.328 e. The molecule has 1 heterocycles. The van der Waals surface area contributed by atoms with Crippen LogP contribution in [0.5, 0.6) is 5.75 Å². The Morgan fingerprint density at radius 3 is 2.59 bits per heavy atom. The third-order valence-corrected chi connectivity index (χ3v) is 4.11. The third-order valence-electron chi connectivity index (χ3n) is 4.11. The molecule has 7 heteroatoms. The number of carboxylic acids is 1. The molecule has 1 aromatic heterocycles. The predicted octanol–water partition coefficient (Wildman–Crippen LogP) is 3.19. The van der Waals surface area contributed by atoms with E-state index in [1.54, 1.807) is 31.4 Å². The van der Waals surface area contributed by atoms with Crippen molar-refractivity contribution in [2.24, 2.45) is 0 Å². The quantitative estimate of drug-likeness (QED) is 0.700. The lowest BCUT2D eigenvalue weighted by atomic mass is 10.1. The zero-order valence-corrected chi connectivity index (χ0v) is 14.8. The Labute approximate surface area is 154 Å². The Bertz CT molecular complexity index is 1100. The van der Waals surface area contributed by atoms with Crippen LogP contribution in [0, 0.1) is 5.82 Å². The van der Waals surface area contributed by atoms with E-state index in [4.69, 9.17) is 9.84 Å². The number of carbonyl (C=O) groups is 1. The van der Waals surface area contributed by atoms with Gasteiger partial charge in [-0.2, -0.15) is 0 Å². The zero-order valence-electron chi connectivity index (χ0n) is 14.8. The molecule has 0 saturated heterocycles. The van der Waals surface area contributed by atoms with E-state index in [9.17, 15) is 14.0 Å². The summed E-state index contributed by atoms with van der Waals surface area (Å²) < 4.78 is 20.8. The highest BCUT2D eigenvalue weighted by molar-refractivity contribution is 5.87. The van der Waals surface area contributed by atoms with Crippen LogP contribution < -0.4 is 10.3 Å². The number of carboxylic acid groups (broad SMARTS) is 1. The van der Waals surface area contributed by atoms with Crippen molar-refractivity contribution in [3.05, 3.63) is 70.0 Å². The van der Waals surface area contributed by atoms with Crippen molar-refractivity contribution in [3.8, 4) is 11.4 Å². The fourth-order valence-corrected chi connectivity index (χ4v) is 2.79. The van der Waals surface area contributed by atoms with Crippen LogP contribution >= 0.6 is 0 Å². The molecule has 3 aromatic rings. The van der Waals surface area contributed by atoms with Crippen LogP contribution in [0.4, 0.5) is 4.39 Å². The van der Waals surface area contributed by atoms with Crippen molar-refractivity contribution in [2.45, 2.75) is 13.3 Å². The molecule has 0 aliphatic rings. The van der Waals surface area contributed by atoms with Crippen molar-refractivity contribution in [3.63, 3.8) is 0 Å². The lowest BCUT2D eigenvalue weighted by Gasteiger charge is -2.13. The number of aromatic nitrogens is 2. The van der Waals surface area contributed by atoms with Crippen LogP contribution in [0.3, 0.4) is 0 Å². The normalized spacial score (nSPS) is 11.2. The van der Waals surface area contributed by atoms with E-state index in [-0.39, 0.29) is 22.0 Å². The number of aliphatic carboxylic acids is 1.